The van der Waals surface area contributed by atoms with Crippen LogP contribution in [0.3, 0.4) is 0 Å². The van der Waals surface area contributed by atoms with Crippen molar-refractivity contribution in [3.8, 4) is 5.75 Å². The lowest BCUT2D eigenvalue weighted by Crippen LogP contribution is -2.40. The second-order valence-electron chi connectivity index (χ2n) is 7.67. The minimum atomic E-state index is -3.84. The van der Waals surface area contributed by atoms with Gasteiger partial charge in [0.15, 0.2) is 0 Å². The SMILES string of the molecule is COc1ccc(NC(=O)CNC(=O)c2ccc3ccccc3c2)cc1S(=O)(=O)N1CCOCC1. The molecule has 0 aliphatic carbocycles. The van der Waals surface area contributed by atoms with Crippen LogP contribution in [0.25, 0.3) is 10.8 Å². The number of carbonyl (C=O) groups is 2. The molecule has 10 heteroatoms. The van der Waals surface area contributed by atoms with E-state index in [2.05, 4.69) is 10.6 Å². The molecular weight excluding hydrogens is 458 g/mol. The van der Waals surface area contributed by atoms with Gasteiger partial charge in [0.25, 0.3) is 5.91 Å². The quantitative estimate of drug-likeness (QED) is 0.533. The summed E-state index contributed by atoms with van der Waals surface area (Å²) >= 11 is 0. The van der Waals surface area contributed by atoms with Crippen LogP contribution in [0.15, 0.2) is 65.6 Å². The molecule has 4 rings (SSSR count). The van der Waals surface area contributed by atoms with E-state index in [1.165, 1.54) is 23.5 Å². The largest absolute Gasteiger partial charge is 0.495 e. The van der Waals surface area contributed by atoms with Crippen LogP contribution < -0.4 is 15.4 Å². The summed E-state index contributed by atoms with van der Waals surface area (Å²) in [6, 6.07) is 17.3. The molecule has 0 radical (unpaired) electrons. The maximum atomic E-state index is 13.1. The lowest BCUT2D eigenvalue weighted by molar-refractivity contribution is -0.115. The van der Waals surface area contributed by atoms with Crippen molar-refractivity contribution in [2.75, 3.05) is 45.3 Å². The van der Waals surface area contributed by atoms with Crippen molar-refractivity contribution >= 4 is 38.3 Å². The van der Waals surface area contributed by atoms with E-state index in [-0.39, 0.29) is 41.9 Å². The van der Waals surface area contributed by atoms with Crippen LogP contribution in [-0.4, -0.2) is 64.5 Å². The lowest BCUT2D eigenvalue weighted by Gasteiger charge is -2.26. The maximum absolute atomic E-state index is 13.1. The van der Waals surface area contributed by atoms with E-state index in [1.807, 2.05) is 30.3 Å². The van der Waals surface area contributed by atoms with Gasteiger partial charge in [-0.25, -0.2) is 8.42 Å². The molecule has 9 nitrogen and oxygen atoms in total. The highest BCUT2D eigenvalue weighted by molar-refractivity contribution is 7.89. The molecule has 3 aromatic rings. The van der Waals surface area contributed by atoms with Gasteiger partial charge in [-0.2, -0.15) is 4.31 Å². The fourth-order valence-electron chi connectivity index (χ4n) is 3.68. The van der Waals surface area contributed by atoms with E-state index in [0.29, 0.717) is 18.8 Å². The standard InChI is InChI=1S/C24H25N3O6S/c1-32-21-9-8-20(15-22(21)34(30,31)27-10-12-33-13-11-27)26-23(28)16-25-24(29)19-7-6-17-4-2-3-5-18(17)14-19/h2-9,14-15H,10-13,16H2,1H3,(H,25,29)(H,26,28). The molecule has 2 amide bonds. The molecule has 1 fully saturated rings. The second-order valence-corrected chi connectivity index (χ2v) is 9.58. The Morgan fingerprint density at radius 3 is 2.47 bits per heavy atom. The number of methoxy groups -OCH3 is 1. The average Bonchev–Trinajstić information content (AvgIpc) is 2.87. The summed E-state index contributed by atoms with van der Waals surface area (Å²) < 4.78 is 38.0. The van der Waals surface area contributed by atoms with Crippen molar-refractivity contribution in [1.29, 1.82) is 0 Å². The lowest BCUT2D eigenvalue weighted by atomic mass is 10.1. The monoisotopic (exact) mass is 483 g/mol. The first-order valence-corrected chi connectivity index (χ1v) is 12.2. The number of benzene rings is 3. The predicted octanol–water partition coefficient (Wildman–Crippen LogP) is 2.24. The molecule has 1 aliphatic rings. The van der Waals surface area contributed by atoms with Crippen LogP contribution in [0.5, 0.6) is 5.75 Å². The van der Waals surface area contributed by atoms with Gasteiger partial charge in [0, 0.05) is 24.3 Å². The Kier molecular flexibility index (Phi) is 7.11. The van der Waals surface area contributed by atoms with Crippen molar-refractivity contribution in [1.82, 2.24) is 9.62 Å². The topological polar surface area (TPSA) is 114 Å². The van der Waals surface area contributed by atoms with Gasteiger partial charge in [-0.3, -0.25) is 9.59 Å². The Hall–Kier alpha value is -3.47. The molecule has 0 unspecified atom stereocenters. The van der Waals surface area contributed by atoms with Crippen LogP contribution in [0.4, 0.5) is 5.69 Å². The molecule has 0 bridgehead atoms. The zero-order valence-corrected chi connectivity index (χ0v) is 19.4. The zero-order valence-electron chi connectivity index (χ0n) is 18.6. The first kappa shape index (κ1) is 23.7. The molecule has 3 aromatic carbocycles. The van der Waals surface area contributed by atoms with E-state index in [0.717, 1.165) is 10.8 Å². The molecule has 0 aromatic heterocycles. The molecule has 0 spiro atoms. The van der Waals surface area contributed by atoms with E-state index < -0.39 is 15.9 Å². The number of amides is 2. The van der Waals surface area contributed by atoms with E-state index in [9.17, 15) is 18.0 Å². The Labute approximate surface area is 197 Å². The summed E-state index contributed by atoms with van der Waals surface area (Å²) in [5.41, 5.74) is 0.715. The Morgan fingerprint density at radius 2 is 1.74 bits per heavy atom. The van der Waals surface area contributed by atoms with Crippen molar-refractivity contribution < 1.29 is 27.5 Å². The summed E-state index contributed by atoms with van der Waals surface area (Å²) in [4.78, 5) is 24.9. The highest BCUT2D eigenvalue weighted by atomic mass is 32.2. The zero-order chi connectivity index (χ0) is 24.1. The number of rotatable bonds is 7. The first-order valence-electron chi connectivity index (χ1n) is 10.7. The highest BCUT2D eigenvalue weighted by Gasteiger charge is 2.29. The predicted molar refractivity (Wildman–Crippen MR) is 127 cm³/mol. The van der Waals surface area contributed by atoms with Gasteiger partial charge in [-0.15, -0.1) is 0 Å². The normalized spacial score (nSPS) is 14.5. The van der Waals surface area contributed by atoms with Gasteiger partial charge in [0.2, 0.25) is 15.9 Å². The number of hydrogen-bond acceptors (Lipinski definition) is 6. The smallest absolute Gasteiger partial charge is 0.251 e. The minimum Gasteiger partial charge on any atom is -0.495 e. The van der Waals surface area contributed by atoms with Gasteiger partial charge < -0.3 is 20.1 Å². The molecule has 0 atom stereocenters. The average molecular weight is 484 g/mol. The van der Waals surface area contributed by atoms with Crippen molar-refractivity contribution in [3.05, 3.63) is 66.2 Å². The van der Waals surface area contributed by atoms with E-state index >= 15 is 0 Å². The molecule has 178 valence electrons. The first-order chi connectivity index (χ1) is 16.4. The number of sulfonamides is 1. The molecule has 1 heterocycles. The molecule has 34 heavy (non-hydrogen) atoms. The van der Waals surface area contributed by atoms with Gasteiger partial charge in [-0.05, 0) is 41.1 Å². The third-order valence-corrected chi connectivity index (χ3v) is 7.38. The second kappa shape index (κ2) is 10.2. The van der Waals surface area contributed by atoms with Crippen LogP contribution in [0.1, 0.15) is 10.4 Å². The maximum Gasteiger partial charge on any atom is 0.251 e. The fourth-order valence-corrected chi connectivity index (χ4v) is 5.27. The number of carbonyl (C=O) groups excluding carboxylic acids is 2. The third-order valence-electron chi connectivity index (χ3n) is 5.46. The fraction of sp³-hybridized carbons (Fsp3) is 0.250. The Bertz CT molecular complexity index is 1320. The van der Waals surface area contributed by atoms with Gasteiger partial charge >= 0.3 is 0 Å². The molecule has 0 saturated carbocycles. The third kappa shape index (κ3) is 5.19. The number of ether oxygens (including phenoxy) is 2. The van der Waals surface area contributed by atoms with Gasteiger partial charge in [0.05, 0.1) is 26.9 Å². The van der Waals surface area contributed by atoms with Gasteiger partial charge in [-0.1, -0.05) is 30.3 Å². The summed E-state index contributed by atoms with van der Waals surface area (Å²) in [5.74, 6) is -0.700. The van der Waals surface area contributed by atoms with Crippen molar-refractivity contribution in [2.45, 2.75) is 4.90 Å². The Balaban J connectivity index is 1.43. The summed E-state index contributed by atoms with van der Waals surface area (Å²) in [6.45, 7) is 0.832. The van der Waals surface area contributed by atoms with Crippen LogP contribution in [-0.2, 0) is 19.6 Å². The number of nitrogens with zero attached hydrogens (tertiary/aromatic N) is 1. The molecule has 1 saturated heterocycles. The molecule has 2 N–H and O–H groups in total. The number of fused-ring (bicyclic) bond motifs is 1. The van der Waals surface area contributed by atoms with Crippen molar-refractivity contribution in [3.63, 3.8) is 0 Å². The minimum absolute atomic E-state index is 0.0464. The van der Waals surface area contributed by atoms with Crippen LogP contribution >= 0.6 is 0 Å². The summed E-state index contributed by atoms with van der Waals surface area (Å²) in [5, 5.41) is 7.15. The van der Waals surface area contributed by atoms with Crippen LogP contribution in [0, 0.1) is 0 Å². The number of nitrogens with one attached hydrogen (secondary N) is 2. The molecule has 1 aliphatic heterocycles. The summed E-state index contributed by atoms with van der Waals surface area (Å²) in [7, 11) is -2.45. The summed E-state index contributed by atoms with van der Waals surface area (Å²) in [6.07, 6.45) is 0. The van der Waals surface area contributed by atoms with E-state index in [1.54, 1.807) is 18.2 Å². The number of hydrogen-bond donors (Lipinski definition) is 2. The highest BCUT2D eigenvalue weighted by Crippen LogP contribution is 2.30. The van der Waals surface area contributed by atoms with Crippen molar-refractivity contribution in [2.24, 2.45) is 0 Å². The molecular formula is C24H25N3O6S. The number of anilines is 1. The van der Waals surface area contributed by atoms with E-state index in [4.69, 9.17) is 9.47 Å². The van der Waals surface area contributed by atoms with Gasteiger partial charge in [0.1, 0.15) is 10.6 Å². The van der Waals surface area contributed by atoms with Crippen LogP contribution in [0.2, 0.25) is 0 Å². The number of morpholine rings is 1. The Morgan fingerprint density at radius 1 is 1.00 bits per heavy atom.